The fourth-order valence-electron chi connectivity index (χ4n) is 1.71. The van der Waals surface area contributed by atoms with E-state index >= 15 is 0 Å². The topological polar surface area (TPSA) is 98.5 Å². The summed E-state index contributed by atoms with van der Waals surface area (Å²) in [6.07, 6.45) is 1.12. The van der Waals surface area contributed by atoms with Crippen molar-refractivity contribution in [3.05, 3.63) is 33.8 Å². The smallest absolute Gasteiger partial charge is 0.329 e. The summed E-state index contributed by atoms with van der Waals surface area (Å²) >= 11 is 13.3. The van der Waals surface area contributed by atoms with Gasteiger partial charge in [0.2, 0.25) is 0 Å². The largest absolute Gasteiger partial charge is 0.451 e. The summed E-state index contributed by atoms with van der Waals surface area (Å²) < 4.78 is 4.97. The quantitative estimate of drug-likeness (QED) is 0.661. The molecule has 0 heterocycles. The van der Waals surface area contributed by atoms with Crippen LogP contribution in [0.2, 0.25) is 10.0 Å². The number of carbonyl (C=O) groups is 3. The van der Waals surface area contributed by atoms with E-state index in [9.17, 15) is 14.4 Å². The number of rotatable bonds is 8. The van der Waals surface area contributed by atoms with Gasteiger partial charge in [-0.2, -0.15) is 11.8 Å². The van der Waals surface area contributed by atoms with Crippen LogP contribution in [0, 0.1) is 0 Å². The third-order valence-corrected chi connectivity index (χ3v) is 4.26. The van der Waals surface area contributed by atoms with Gasteiger partial charge in [-0.15, -0.1) is 0 Å². The van der Waals surface area contributed by atoms with Crippen LogP contribution in [0.4, 0.5) is 0 Å². The number of esters is 1. The highest BCUT2D eigenvalue weighted by Gasteiger charge is 2.26. The molecule has 9 heteroatoms. The Kier molecular flexibility index (Phi) is 8.38. The minimum absolute atomic E-state index is 0.169. The maximum atomic E-state index is 12.3. The first-order chi connectivity index (χ1) is 11.3. The Morgan fingerprint density at radius 1 is 1.33 bits per heavy atom. The lowest BCUT2D eigenvalue weighted by atomic mass is 10.1. The van der Waals surface area contributed by atoms with Crippen LogP contribution in [0.25, 0.3) is 0 Å². The summed E-state index contributed by atoms with van der Waals surface area (Å²) in [5.74, 6) is -1.42. The molecule has 0 fully saturated rings. The molecule has 0 saturated carbocycles. The number of amides is 2. The molecule has 0 spiro atoms. The molecule has 132 valence electrons. The summed E-state index contributed by atoms with van der Waals surface area (Å²) in [5, 5.41) is 3.13. The van der Waals surface area contributed by atoms with Gasteiger partial charge in [0.15, 0.2) is 6.10 Å². The molecular weight excluding hydrogens is 375 g/mol. The number of halogens is 2. The molecule has 2 atom stereocenters. The van der Waals surface area contributed by atoms with Gasteiger partial charge in [0.25, 0.3) is 11.8 Å². The van der Waals surface area contributed by atoms with E-state index in [2.05, 4.69) is 5.32 Å². The molecule has 0 aliphatic heterocycles. The molecular formula is C15H18Cl2N2O4S. The number of thioether (sulfide) groups is 1. The number of ether oxygens (including phenoxy) is 1. The standard InChI is InChI=1S/C15H18Cl2N2O4S/c1-8(13(18)20)23-15(22)12(5-6-24-2)19-14(21)10-4-3-9(16)7-11(10)17/h3-4,7-8,12H,5-6H2,1-2H3,(H2,18,20)(H,19,21)/t8-,12+/m0/s1. The van der Waals surface area contributed by atoms with Crippen molar-refractivity contribution in [2.75, 3.05) is 12.0 Å². The molecule has 1 aromatic rings. The zero-order valence-electron chi connectivity index (χ0n) is 13.2. The van der Waals surface area contributed by atoms with Crippen molar-refractivity contribution < 1.29 is 19.1 Å². The third-order valence-electron chi connectivity index (χ3n) is 3.07. The Morgan fingerprint density at radius 3 is 2.54 bits per heavy atom. The summed E-state index contributed by atoms with van der Waals surface area (Å²) in [7, 11) is 0. The van der Waals surface area contributed by atoms with E-state index < -0.39 is 29.9 Å². The molecule has 3 N–H and O–H groups in total. The SMILES string of the molecule is CSCC[C@@H](NC(=O)c1ccc(Cl)cc1Cl)C(=O)O[C@@H](C)C(N)=O. The Bertz CT molecular complexity index is 627. The van der Waals surface area contributed by atoms with Gasteiger partial charge in [-0.1, -0.05) is 23.2 Å². The van der Waals surface area contributed by atoms with E-state index in [-0.39, 0.29) is 10.6 Å². The highest BCUT2D eigenvalue weighted by atomic mass is 35.5. The molecule has 2 amide bonds. The Hall–Kier alpha value is -1.44. The van der Waals surface area contributed by atoms with Gasteiger partial charge in [0.1, 0.15) is 6.04 Å². The fraction of sp³-hybridized carbons (Fsp3) is 0.400. The summed E-state index contributed by atoms with van der Waals surface area (Å²) in [6.45, 7) is 1.36. The number of nitrogens with one attached hydrogen (secondary N) is 1. The van der Waals surface area contributed by atoms with Crippen LogP contribution >= 0.6 is 35.0 Å². The first-order valence-corrected chi connectivity index (χ1v) is 9.16. The minimum atomic E-state index is -1.08. The second-order valence-corrected chi connectivity index (χ2v) is 6.74. The molecule has 1 rings (SSSR count). The fourth-order valence-corrected chi connectivity index (χ4v) is 2.67. The highest BCUT2D eigenvalue weighted by Crippen LogP contribution is 2.21. The number of carbonyl (C=O) groups excluding carboxylic acids is 3. The maximum absolute atomic E-state index is 12.3. The highest BCUT2D eigenvalue weighted by molar-refractivity contribution is 7.98. The summed E-state index contributed by atoms with van der Waals surface area (Å²) in [4.78, 5) is 35.5. The summed E-state index contributed by atoms with van der Waals surface area (Å²) in [5.41, 5.74) is 5.26. The Labute approximate surface area is 154 Å². The summed E-state index contributed by atoms with van der Waals surface area (Å²) in [6, 6.07) is 3.50. The molecule has 6 nitrogen and oxygen atoms in total. The van der Waals surface area contributed by atoms with Gasteiger partial charge in [-0.05, 0) is 43.6 Å². The van der Waals surface area contributed by atoms with Crippen LogP contribution in [0.15, 0.2) is 18.2 Å². The molecule has 0 saturated heterocycles. The Balaban J connectivity index is 2.86. The van der Waals surface area contributed by atoms with Crippen LogP contribution in [0.3, 0.4) is 0 Å². The lowest BCUT2D eigenvalue weighted by molar-refractivity contribution is -0.155. The third kappa shape index (κ3) is 6.22. The van der Waals surface area contributed by atoms with Crippen molar-refractivity contribution in [1.82, 2.24) is 5.32 Å². The molecule has 0 radical (unpaired) electrons. The normalized spacial score (nSPS) is 13.0. The molecule has 0 unspecified atom stereocenters. The average molecular weight is 393 g/mol. The van der Waals surface area contributed by atoms with Crippen molar-refractivity contribution in [3.8, 4) is 0 Å². The van der Waals surface area contributed by atoms with Crippen LogP contribution in [-0.4, -0.2) is 41.9 Å². The zero-order valence-corrected chi connectivity index (χ0v) is 15.5. The zero-order chi connectivity index (χ0) is 18.3. The van der Waals surface area contributed by atoms with Crippen LogP contribution in [0.1, 0.15) is 23.7 Å². The van der Waals surface area contributed by atoms with E-state index in [1.807, 2.05) is 6.26 Å². The molecule has 0 aliphatic carbocycles. The predicted octanol–water partition coefficient (Wildman–Crippen LogP) is 2.26. The van der Waals surface area contributed by atoms with Gasteiger partial charge in [0.05, 0.1) is 10.6 Å². The van der Waals surface area contributed by atoms with Gasteiger partial charge >= 0.3 is 5.97 Å². The van der Waals surface area contributed by atoms with Crippen LogP contribution in [0.5, 0.6) is 0 Å². The van der Waals surface area contributed by atoms with Gasteiger partial charge < -0.3 is 15.8 Å². The number of hydrogen-bond donors (Lipinski definition) is 2. The van der Waals surface area contributed by atoms with E-state index in [0.717, 1.165) is 0 Å². The van der Waals surface area contributed by atoms with Gasteiger partial charge in [-0.3, -0.25) is 9.59 Å². The maximum Gasteiger partial charge on any atom is 0.329 e. The van der Waals surface area contributed by atoms with Crippen molar-refractivity contribution in [1.29, 1.82) is 0 Å². The lowest BCUT2D eigenvalue weighted by Gasteiger charge is -2.19. The van der Waals surface area contributed by atoms with E-state index in [0.29, 0.717) is 17.2 Å². The van der Waals surface area contributed by atoms with Gasteiger partial charge in [-0.25, -0.2) is 4.79 Å². The van der Waals surface area contributed by atoms with Crippen LogP contribution < -0.4 is 11.1 Å². The van der Waals surface area contributed by atoms with E-state index in [4.69, 9.17) is 33.7 Å². The second kappa shape index (κ2) is 9.76. The predicted molar refractivity (Wildman–Crippen MR) is 95.5 cm³/mol. The number of primary amides is 1. The van der Waals surface area contributed by atoms with Crippen molar-refractivity contribution in [3.63, 3.8) is 0 Å². The first-order valence-electron chi connectivity index (χ1n) is 7.01. The molecule has 0 bridgehead atoms. The monoisotopic (exact) mass is 392 g/mol. The second-order valence-electron chi connectivity index (χ2n) is 4.91. The van der Waals surface area contributed by atoms with Crippen molar-refractivity contribution in [2.45, 2.75) is 25.5 Å². The van der Waals surface area contributed by atoms with Crippen LogP contribution in [-0.2, 0) is 14.3 Å². The first kappa shape index (κ1) is 20.6. The van der Waals surface area contributed by atoms with E-state index in [1.165, 1.54) is 36.9 Å². The average Bonchev–Trinajstić information content (AvgIpc) is 2.50. The number of nitrogens with two attached hydrogens (primary N) is 1. The molecule has 0 aromatic heterocycles. The lowest BCUT2D eigenvalue weighted by Crippen LogP contribution is -2.44. The Morgan fingerprint density at radius 2 is 2.00 bits per heavy atom. The minimum Gasteiger partial charge on any atom is -0.451 e. The molecule has 1 aromatic carbocycles. The molecule has 0 aliphatic rings. The van der Waals surface area contributed by atoms with Crippen molar-refractivity contribution in [2.24, 2.45) is 5.73 Å². The number of hydrogen-bond acceptors (Lipinski definition) is 5. The van der Waals surface area contributed by atoms with Crippen molar-refractivity contribution >= 4 is 52.7 Å². The molecule has 24 heavy (non-hydrogen) atoms. The van der Waals surface area contributed by atoms with E-state index in [1.54, 1.807) is 0 Å². The number of benzene rings is 1. The van der Waals surface area contributed by atoms with Gasteiger partial charge in [0, 0.05) is 5.02 Å².